The van der Waals surface area contributed by atoms with Crippen molar-refractivity contribution in [2.45, 2.75) is 6.04 Å². The molecule has 0 saturated heterocycles. The zero-order chi connectivity index (χ0) is 11.7. The largest absolute Gasteiger partial charge is 0.320 e. The zero-order valence-electron chi connectivity index (χ0n) is 8.08. The maximum absolute atomic E-state index is 13.7. The Labute approximate surface area is 110 Å². The van der Waals surface area contributed by atoms with E-state index in [1.807, 2.05) is 17.5 Å². The van der Waals surface area contributed by atoms with Gasteiger partial charge in [0.25, 0.3) is 0 Å². The van der Waals surface area contributed by atoms with Crippen LogP contribution in [0.25, 0.3) is 0 Å². The van der Waals surface area contributed by atoms with Crippen molar-refractivity contribution in [3.05, 3.63) is 55.4 Å². The molecule has 1 atom stereocenters. The van der Waals surface area contributed by atoms with Gasteiger partial charge in [-0.3, -0.25) is 0 Å². The van der Waals surface area contributed by atoms with Gasteiger partial charge in [0.15, 0.2) is 0 Å². The van der Waals surface area contributed by atoms with Gasteiger partial charge in [-0.05, 0) is 39.5 Å². The fourth-order valence-corrected chi connectivity index (χ4v) is 2.63. The van der Waals surface area contributed by atoms with Crippen LogP contribution in [0.5, 0.6) is 0 Å². The van der Waals surface area contributed by atoms with Crippen molar-refractivity contribution < 1.29 is 4.39 Å². The van der Waals surface area contributed by atoms with Crippen LogP contribution in [0.3, 0.4) is 0 Å². The predicted molar refractivity (Wildman–Crippen MR) is 69.5 cm³/mol. The second kappa shape index (κ2) is 4.84. The molecule has 0 aliphatic heterocycles. The lowest BCUT2D eigenvalue weighted by molar-refractivity contribution is 0.600. The Morgan fingerprint density at radius 1 is 1.44 bits per heavy atom. The monoisotopic (exact) mass is 319 g/mol. The second-order valence-corrected chi connectivity index (χ2v) is 5.52. The third-order valence-corrected chi connectivity index (χ3v) is 4.38. The average molecular weight is 321 g/mol. The lowest BCUT2D eigenvalue weighted by Crippen LogP contribution is -2.12. The summed E-state index contributed by atoms with van der Waals surface area (Å²) in [5.74, 6) is -0.350. The lowest BCUT2D eigenvalue weighted by Gasteiger charge is -2.12. The Kier molecular flexibility index (Phi) is 3.64. The number of nitrogens with two attached hydrogens (primary N) is 1. The molecule has 0 aliphatic carbocycles. The molecule has 5 heteroatoms. The molecule has 0 amide bonds. The van der Waals surface area contributed by atoms with Gasteiger partial charge < -0.3 is 5.73 Å². The molecule has 0 spiro atoms. The molecule has 1 heterocycles. The van der Waals surface area contributed by atoms with Crippen LogP contribution in [-0.2, 0) is 0 Å². The molecule has 1 unspecified atom stereocenters. The Bertz CT molecular complexity index is 501. The summed E-state index contributed by atoms with van der Waals surface area (Å²) in [5, 5.41) is 2.37. The van der Waals surface area contributed by atoms with E-state index in [9.17, 15) is 4.39 Å². The van der Waals surface area contributed by atoms with Gasteiger partial charge in [0, 0.05) is 14.9 Å². The highest BCUT2D eigenvalue weighted by atomic mass is 79.9. The van der Waals surface area contributed by atoms with Gasteiger partial charge >= 0.3 is 0 Å². The van der Waals surface area contributed by atoms with Crippen molar-refractivity contribution in [1.82, 2.24) is 0 Å². The van der Waals surface area contributed by atoms with E-state index in [4.69, 9.17) is 17.3 Å². The highest BCUT2D eigenvalue weighted by Crippen LogP contribution is 2.31. The summed E-state index contributed by atoms with van der Waals surface area (Å²) in [6.07, 6.45) is 0. The summed E-state index contributed by atoms with van der Waals surface area (Å²) in [7, 11) is 0. The second-order valence-electron chi connectivity index (χ2n) is 3.28. The highest BCUT2D eigenvalue weighted by molar-refractivity contribution is 9.10. The SMILES string of the molecule is NC(c1cccs1)c1cc(Cl)c(Br)cc1F. The van der Waals surface area contributed by atoms with Gasteiger partial charge in [-0.15, -0.1) is 11.3 Å². The molecule has 2 N–H and O–H groups in total. The molecule has 0 bridgehead atoms. The molecule has 0 aliphatic rings. The molecular formula is C11H8BrClFNS. The minimum absolute atomic E-state index is 0.350. The molecule has 2 rings (SSSR count). The van der Waals surface area contributed by atoms with E-state index < -0.39 is 6.04 Å². The number of hydrogen-bond donors (Lipinski definition) is 1. The standard InChI is InChI=1S/C11H8BrClFNS/c12-7-5-9(14)6(4-8(7)13)11(15)10-2-1-3-16-10/h1-5,11H,15H2. The normalized spacial score (nSPS) is 12.8. The van der Waals surface area contributed by atoms with Crippen LogP contribution in [0.2, 0.25) is 5.02 Å². The first-order chi connectivity index (χ1) is 7.59. The van der Waals surface area contributed by atoms with Gasteiger partial charge in [0.05, 0.1) is 11.1 Å². The van der Waals surface area contributed by atoms with Gasteiger partial charge in [-0.1, -0.05) is 17.7 Å². The van der Waals surface area contributed by atoms with Crippen LogP contribution in [0.1, 0.15) is 16.5 Å². The van der Waals surface area contributed by atoms with E-state index >= 15 is 0 Å². The quantitative estimate of drug-likeness (QED) is 0.818. The summed E-state index contributed by atoms with van der Waals surface area (Å²) in [4.78, 5) is 0.914. The Hall–Kier alpha value is -0.420. The number of thiophene rings is 1. The average Bonchev–Trinajstić information content (AvgIpc) is 2.75. The van der Waals surface area contributed by atoms with Crippen LogP contribution in [0, 0.1) is 5.82 Å². The molecule has 2 aromatic rings. The number of rotatable bonds is 2. The summed E-state index contributed by atoms with van der Waals surface area (Å²) in [5.41, 5.74) is 6.39. The maximum atomic E-state index is 13.7. The molecular weight excluding hydrogens is 313 g/mol. The van der Waals surface area contributed by atoms with E-state index in [-0.39, 0.29) is 5.82 Å². The third-order valence-electron chi connectivity index (χ3n) is 2.22. The van der Waals surface area contributed by atoms with Crippen molar-refractivity contribution in [2.75, 3.05) is 0 Å². The predicted octanol–water partition coefficient (Wildman–Crippen LogP) is 4.35. The summed E-state index contributed by atoms with van der Waals surface area (Å²) >= 11 is 10.6. The maximum Gasteiger partial charge on any atom is 0.129 e. The smallest absolute Gasteiger partial charge is 0.129 e. The molecule has 1 aromatic heterocycles. The van der Waals surface area contributed by atoms with Gasteiger partial charge in [-0.25, -0.2) is 4.39 Å². The van der Waals surface area contributed by atoms with Crippen molar-refractivity contribution in [3.63, 3.8) is 0 Å². The van der Waals surface area contributed by atoms with E-state index in [2.05, 4.69) is 15.9 Å². The molecule has 0 radical (unpaired) electrons. The van der Waals surface area contributed by atoms with Crippen molar-refractivity contribution in [1.29, 1.82) is 0 Å². The minimum atomic E-state index is -0.467. The third kappa shape index (κ3) is 2.30. The number of halogens is 3. The first-order valence-electron chi connectivity index (χ1n) is 4.53. The Morgan fingerprint density at radius 2 is 2.19 bits per heavy atom. The van der Waals surface area contributed by atoms with Crippen molar-refractivity contribution >= 4 is 38.9 Å². The minimum Gasteiger partial charge on any atom is -0.320 e. The lowest BCUT2D eigenvalue weighted by atomic mass is 10.1. The van der Waals surface area contributed by atoms with E-state index in [1.54, 1.807) is 6.07 Å². The number of hydrogen-bond acceptors (Lipinski definition) is 2. The van der Waals surface area contributed by atoms with Crippen LogP contribution in [0.4, 0.5) is 4.39 Å². The molecule has 1 aromatic carbocycles. The molecule has 1 nitrogen and oxygen atoms in total. The van der Waals surface area contributed by atoms with Crippen LogP contribution in [0.15, 0.2) is 34.1 Å². The molecule has 0 saturated carbocycles. The topological polar surface area (TPSA) is 26.0 Å². The van der Waals surface area contributed by atoms with Gasteiger partial charge in [0.2, 0.25) is 0 Å². The Balaban J connectivity index is 2.44. The first kappa shape index (κ1) is 12.0. The Morgan fingerprint density at radius 3 is 2.81 bits per heavy atom. The van der Waals surface area contributed by atoms with E-state index in [1.165, 1.54) is 17.4 Å². The summed E-state index contributed by atoms with van der Waals surface area (Å²) < 4.78 is 14.2. The molecule has 84 valence electrons. The number of benzene rings is 1. The van der Waals surface area contributed by atoms with E-state index in [0.717, 1.165) is 4.88 Å². The van der Waals surface area contributed by atoms with Crippen LogP contribution >= 0.6 is 38.9 Å². The van der Waals surface area contributed by atoms with Crippen LogP contribution in [-0.4, -0.2) is 0 Å². The van der Waals surface area contributed by atoms with Crippen LogP contribution < -0.4 is 5.73 Å². The van der Waals surface area contributed by atoms with Gasteiger partial charge in [-0.2, -0.15) is 0 Å². The van der Waals surface area contributed by atoms with Crippen molar-refractivity contribution in [2.24, 2.45) is 5.73 Å². The fourth-order valence-electron chi connectivity index (χ4n) is 1.40. The molecule has 16 heavy (non-hydrogen) atoms. The van der Waals surface area contributed by atoms with E-state index in [0.29, 0.717) is 15.1 Å². The highest BCUT2D eigenvalue weighted by Gasteiger charge is 2.16. The van der Waals surface area contributed by atoms with Crippen molar-refractivity contribution in [3.8, 4) is 0 Å². The first-order valence-corrected chi connectivity index (χ1v) is 6.58. The zero-order valence-corrected chi connectivity index (χ0v) is 11.2. The molecule has 0 fully saturated rings. The summed E-state index contributed by atoms with van der Waals surface area (Å²) in [6, 6.07) is 6.20. The van der Waals surface area contributed by atoms with Gasteiger partial charge in [0.1, 0.15) is 5.82 Å². The fraction of sp³-hybridized carbons (Fsp3) is 0.0909. The summed E-state index contributed by atoms with van der Waals surface area (Å²) in [6.45, 7) is 0.